The molecule has 0 aliphatic rings. The van der Waals surface area contributed by atoms with Gasteiger partial charge in [-0.25, -0.2) is 0 Å². The maximum Gasteiger partial charge on any atom is 0.249 e. The molecule has 0 amide bonds. The Hall–Kier alpha value is -1.12. The first kappa shape index (κ1) is 9.96. The van der Waals surface area contributed by atoms with Gasteiger partial charge in [-0.3, -0.25) is 9.59 Å². The smallest absolute Gasteiger partial charge is 0.249 e. The first-order valence-electron chi connectivity index (χ1n) is 4.54. The van der Waals surface area contributed by atoms with Crippen molar-refractivity contribution >= 4 is 5.69 Å². The van der Waals surface area contributed by atoms with Crippen LogP contribution in [0.3, 0.4) is 0 Å². The third-order valence-electron chi connectivity index (χ3n) is 1.96. The molecule has 0 aliphatic heterocycles. The molecule has 0 saturated heterocycles. The third kappa shape index (κ3) is 1.64. The van der Waals surface area contributed by atoms with Crippen molar-refractivity contribution in [3.63, 3.8) is 0 Å². The molecule has 1 aromatic rings. The first-order valence-corrected chi connectivity index (χ1v) is 4.54. The summed E-state index contributed by atoms with van der Waals surface area (Å²) in [5.41, 5.74) is 0.490. The Morgan fingerprint density at radius 3 is 1.92 bits per heavy atom. The molecular weight excluding hydrogens is 166 g/mol. The minimum absolute atomic E-state index is 0.131. The molecule has 1 N–H and O–H groups in total. The van der Waals surface area contributed by atoms with Crippen molar-refractivity contribution in [2.24, 2.45) is 0 Å². The van der Waals surface area contributed by atoms with Crippen LogP contribution in [0.25, 0.3) is 0 Å². The molecule has 0 aliphatic carbocycles. The molecule has 0 radical (unpaired) electrons. The Morgan fingerprint density at radius 2 is 1.54 bits per heavy atom. The van der Waals surface area contributed by atoms with Crippen LogP contribution in [0.5, 0.6) is 0 Å². The van der Waals surface area contributed by atoms with Crippen LogP contribution in [0.2, 0.25) is 0 Å². The molecule has 0 unspecified atom stereocenters. The van der Waals surface area contributed by atoms with Crippen LogP contribution in [0, 0.1) is 0 Å². The molecule has 0 saturated carbocycles. The zero-order chi connectivity index (χ0) is 10.2. The van der Waals surface area contributed by atoms with Gasteiger partial charge in [0.25, 0.3) is 0 Å². The predicted molar refractivity (Wildman–Crippen MR) is 54.2 cm³/mol. The van der Waals surface area contributed by atoms with Crippen LogP contribution in [-0.4, -0.2) is 6.04 Å². The third-order valence-corrected chi connectivity index (χ3v) is 1.96. The monoisotopic (exact) mass is 181 g/mol. The molecule has 0 fully saturated rings. The molecule has 0 aromatic heterocycles. The molecule has 72 valence electrons. The second-order valence-corrected chi connectivity index (χ2v) is 3.90. The van der Waals surface area contributed by atoms with E-state index in [4.69, 9.17) is 0 Å². The van der Waals surface area contributed by atoms with Crippen molar-refractivity contribution < 1.29 is 0 Å². The maximum atomic E-state index is 11.1. The topological polar surface area (TPSA) is 46.2 Å². The molecule has 0 heterocycles. The lowest BCUT2D eigenvalue weighted by molar-refractivity contribution is 0.821. The van der Waals surface area contributed by atoms with Crippen LogP contribution in [0.15, 0.2) is 9.59 Å². The largest absolute Gasteiger partial charge is 0.379 e. The Bertz CT molecular complexity index is 370. The predicted octanol–water partition coefficient (Wildman–Crippen LogP) is 1.23. The van der Waals surface area contributed by atoms with Gasteiger partial charge in [0.05, 0.1) is 5.69 Å². The standard InChI is InChI=1S/C10H15NO2/c1-5(2)7-8(11-6(3)4)10(13)9(7)12/h5-6,11H,1-4H3. The summed E-state index contributed by atoms with van der Waals surface area (Å²) in [6.45, 7) is 7.73. The molecule has 0 atom stereocenters. The Balaban J connectivity index is 3.02. The number of hydrogen-bond donors (Lipinski definition) is 1. The van der Waals surface area contributed by atoms with Crippen molar-refractivity contribution in [1.82, 2.24) is 0 Å². The lowest BCUT2D eigenvalue weighted by atomic mass is 9.95. The van der Waals surface area contributed by atoms with Gasteiger partial charge in [-0.2, -0.15) is 0 Å². The highest BCUT2D eigenvalue weighted by molar-refractivity contribution is 5.58. The van der Waals surface area contributed by atoms with Gasteiger partial charge in [-0.05, 0) is 19.8 Å². The minimum atomic E-state index is -0.364. The molecule has 0 spiro atoms. The van der Waals surface area contributed by atoms with Gasteiger partial charge < -0.3 is 5.32 Å². The molecule has 1 rings (SSSR count). The highest BCUT2D eigenvalue weighted by Crippen LogP contribution is 2.18. The van der Waals surface area contributed by atoms with Crippen molar-refractivity contribution in [2.75, 3.05) is 5.32 Å². The lowest BCUT2D eigenvalue weighted by Crippen LogP contribution is -2.40. The van der Waals surface area contributed by atoms with Gasteiger partial charge in [-0.15, -0.1) is 0 Å². The van der Waals surface area contributed by atoms with E-state index in [1.54, 1.807) is 0 Å². The molecule has 3 nitrogen and oxygen atoms in total. The zero-order valence-corrected chi connectivity index (χ0v) is 8.47. The number of rotatable bonds is 3. The summed E-state index contributed by atoms with van der Waals surface area (Å²) in [5.74, 6) is 0.131. The second kappa shape index (κ2) is 3.32. The first-order chi connectivity index (χ1) is 5.95. The van der Waals surface area contributed by atoms with E-state index >= 15 is 0 Å². The van der Waals surface area contributed by atoms with E-state index in [1.807, 2.05) is 27.7 Å². The summed E-state index contributed by atoms with van der Waals surface area (Å²) in [6, 6.07) is 0.195. The summed E-state index contributed by atoms with van der Waals surface area (Å²) in [6.07, 6.45) is 0. The van der Waals surface area contributed by atoms with E-state index in [1.165, 1.54) is 0 Å². The highest BCUT2D eigenvalue weighted by atomic mass is 16.2. The van der Waals surface area contributed by atoms with Gasteiger partial charge >= 0.3 is 0 Å². The molecule has 3 heteroatoms. The van der Waals surface area contributed by atoms with Gasteiger partial charge in [0.15, 0.2) is 0 Å². The number of hydrogen-bond acceptors (Lipinski definition) is 3. The minimum Gasteiger partial charge on any atom is -0.379 e. The van der Waals surface area contributed by atoms with Gasteiger partial charge in [0, 0.05) is 11.6 Å². The van der Waals surface area contributed by atoms with Crippen LogP contribution < -0.4 is 16.2 Å². The Labute approximate surface area is 77.5 Å². The normalized spacial score (nSPS) is 11.5. The van der Waals surface area contributed by atoms with Crippen LogP contribution in [0.4, 0.5) is 5.69 Å². The van der Waals surface area contributed by atoms with Crippen LogP contribution in [0.1, 0.15) is 39.2 Å². The highest BCUT2D eigenvalue weighted by Gasteiger charge is 2.22. The van der Waals surface area contributed by atoms with E-state index in [2.05, 4.69) is 5.32 Å². The van der Waals surface area contributed by atoms with E-state index in [-0.39, 0.29) is 22.8 Å². The van der Waals surface area contributed by atoms with Crippen molar-refractivity contribution in [1.29, 1.82) is 0 Å². The van der Waals surface area contributed by atoms with E-state index < -0.39 is 0 Å². The van der Waals surface area contributed by atoms with Crippen molar-refractivity contribution in [2.45, 2.75) is 39.7 Å². The van der Waals surface area contributed by atoms with Gasteiger partial charge in [0.1, 0.15) is 0 Å². The summed E-state index contributed by atoms with van der Waals surface area (Å²) in [7, 11) is 0. The number of anilines is 1. The Kier molecular flexibility index (Phi) is 2.55. The molecular formula is C10H15NO2. The van der Waals surface area contributed by atoms with Gasteiger partial charge in [-0.1, -0.05) is 13.8 Å². The number of nitrogens with one attached hydrogen (secondary N) is 1. The summed E-state index contributed by atoms with van der Waals surface area (Å²) in [4.78, 5) is 22.3. The average Bonchev–Trinajstić information content (AvgIpc) is 2.01. The van der Waals surface area contributed by atoms with Crippen molar-refractivity contribution in [3.05, 3.63) is 26.0 Å². The van der Waals surface area contributed by atoms with E-state index in [9.17, 15) is 9.59 Å². The summed E-state index contributed by atoms with van der Waals surface area (Å²) >= 11 is 0. The van der Waals surface area contributed by atoms with Gasteiger partial charge in [0.2, 0.25) is 10.9 Å². The molecule has 13 heavy (non-hydrogen) atoms. The van der Waals surface area contributed by atoms with Crippen molar-refractivity contribution in [3.8, 4) is 0 Å². The quantitative estimate of drug-likeness (QED) is 0.713. The molecule has 0 bridgehead atoms. The Morgan fingerprint density at radius 1 is 1.00 bits per heavy atom. The second-order valence-electron chi connectivity index (χ2n) is 3.90. The fourth-order valence-corrected chi connectivity index (χ4v) is 1.39. The fraction of sp³-hybridized carbons (Fsp3) is 0.600. The zero-order valence-electron chi connectivity index (χ0n) is 8.47. The SMILES string of the molecule is CC(C)Nc1c(C(C)C)c(=O)c1=O. The fourth-order valence-electron chi connectivity index (χ4n) is 1.39. The molecule has 1 aromatic carbocycles. The van der Waals surface area contributed by atoms with Crippen LogP contribution in [-0.2, 0) is 0 Å². The summed E-state index contributed by atoms with van der Waals surface area (Å²) < 4.78 is 0. The van der Waals surface area contributed by atoms with E-state index in [0.29, 0.717) is 11.3 Å². The lowest BCUT2D eigenvalue weighted by Gasteiger charge is -2.17. The van der Waals surface area contributed by atoms with Crippen LogP contribution >= 0.6 is 0 Å². The average molecular weight is 181 g/mol. The maximum absolute atomic E-state index is 11.1. The summed E-state index contributed by atoms with van der Waals surface area (Å²) in [5, 5.41) is 3.00. The van der Waals surface area contributed by atoms with E-state index in [0.717, 1.165) is 0 Å².